The number of fused-ring (bicyclic) bond motifs is 1. The van der Waals surface area contributed by atoms with Crippen LogP contribution in [0.4, 0.5) is 0 Å². The number of esters is 1. The lowest BCUT2D eigenvalue weighted by Gasteiger charge is -2.09. The van der Waals surface area contributed by atoms with Crippen molar-refractivity contribution in [3.63, 3.8) is 0 Å². The van der Waals surface area contributed by atoms with Gasteiger partial charge >= 0.3 is 5.97 Å². The molecule has 6 aromatic rings. The van der Waals surface area contributed by atoms with Crippen LogP contribution in [0.5, 0.6) is 0 Å². The smallest absolute Gasteiger partial charge is 0.338 e. The first-order valence-corrected chi connectivity index (χ1v) is 14.5. The number of aryl methyl sites for hydroxylation is 1. The van der Waals surface area contributed by atoms with E-state index >= 15 is 0 Å². The van der Waals surface area contributed by atoms with Crippen LogP contribution in [0.25, 0.3) is 45.7 Å². The predicted octanol–water partition coefficient (Wildman–Crippen LogP) is 6.65. The molecule has 8 nitrogen and oxygen atoms in total. The zero-order valence-corrected chi connectivity index (χ0v) is 24.2. The lowest BCUT2D eigenvalue weighted by molar-refractivity contribution is -0.670. The van der Waals surface area contributed by atoms with Gasteiger partial charge < -0.3 is 4.74 Å². The largest absolute Gasteiger partial charge is 0.465 e. The summed E-state index contributed by atoms with van der Waals surface area (Å²) in [5.74, 6) is 1.33. The first-order valence-electron chi connectivity index (χ1n) is 14.5. The number of hydrogen-bond donors (Lipinski definition) is 2. The highest BCUT2D eigenvalue weighted by Crippen LogP contribution is 2.30. The van der Waals surface area contributed by atoms with E-state index in [1.807, 2.05) is 72.8 Å². The first kappa shape index (κ1) is 27.8. The Morgan fingerprint density at radius 2 is 1.70 bits per heavy atom. The van der Waals surface area contributed by atoms with Crippen molar-refractivity contribution in [1.82, 2.24) is 25.6 Å². The Kier molecular flexibility index (Phi) is 8.17. The van der Waals surface area contributed by atoms with E-state index in [-0.39, 0.29) is 5.97 Å². The highest BCUT2D eigenvalue weighted by atomic mass is 16.5. The molecule has 214 valence electrons. The summed E-state index contributed by atoms with van der Waals surface area (Å²) in [6.07, 6.45) is 7.04. The molecule has 0 radical (unpaired) electrons. The summed E-state index contributed by atoms with van der Waals surface area (Å²) in [6.45, 7) is 2.85. The van der Waals surface area contributed by atoms with Crippen molar-refractivity contribution in [2.75, 3.05) is 7.11 Å². The average molecular weight is 570 g/mol. The number of tetrazole rings is 1. The van der Waals surface area contributed by atoms with Crippen LogP contribution in [0.3, 0.4) is 0 Å². The number of carbonyl (C=O) groups excluding carboxylic acids is 1. The summed E-state index contributed by atoms with van der Waals surface area (Å²) in [4.78, 5) is 16.6. The molecular weight excluding hydrogens is 536 g/mol. The van der Waals surface area contributed by atoms with Gasteiger partial charge in [-0.25, -0.2) is 14.3 Å². The Morgan fingerprint density at radius 1 is 0.930 bits per heavy atom. The van der Waals surface area contributed by atoms with Crippen LogP contribution >= 0.6 is 0 Å². The molecule has 0 saturated carbocycles. The van der Waals surface area contributed by atoms with Crippen molar-refractivity contribution in [3.05, 3.63) is 119 Å². The number of aromatic nitrogens is 6. The standard InChI is InChI=1S/C35H32N6O2/c1-3-4-14-33-36-31-21-27(20-15-24-10-6-5-7-11-24)30(35(42)43-2)22-32(31)41(33)23-25-16-18-26(19-17-25)28-12-8-9-13-29(28)34-37-39-40-38-34/h5-13,15-22H,3-4,14,23H2,1-2H3,(H,37,38,39,40)/p+1. The van der Waals surface area contributed by atoms with E-state index in [1.54, 1.807) is 0 Å². The molecule has 0 saturated heterocycles. The fraction of sp³-hybridized carbons (Fsp3) is 0.171. The number of benzene rings is 4. The van der Waals surface area contributed by atoms with Gasteiger partial charge in [-0.05, 0) is 45.5 Å². The second-order valence-electron chi connectivity index (χ2n) is 10.4. The van der Waals surface area contributed by atoms with Crippen molar-refractivity contribution in [1.29, 1.82) is 0 Å². The highest BCUT2D eigenvalue weighted by molar-refractivity contribution is 5.98. The SMILES string of the molecule is CCCCc1[nH]c2cc(C=Cc3ccccc3)c(C(=O)OC)cc2[n+]1Cc1ccc(-c2ccccc2-c2nn[nH]n2)cc1. The lowest BCUT2D eigenvalue weighted by Crippen LogP contribution is -2.37. The van der Waals surface area contributed by atoms with E-state index in [2.05, 4.69) is 67.4 Å². The molecule has 0 aliphatic carbocycles. The van der Waals surface area contributed by atoms with Crippen LogP contribution < -0.4 is 4.57 Å². The quantitative estimate of drug-likeness (QED) is 0.109. The molecule has 0 fully saturated rings. The van der Waals surface area contributed by atoms with Crippen molar-refractivity contribution in [2.45, 2.75) is 32.7 Å². The molecule has 2 N–H and O–H groups in total. The predicted molar refractivity (Wildman–Crippen MR) is 168 cm³/mol. The lowest BCUT2D eigenvalue weighted by atomic mass is 9.98. The minimum Gasteiger partial charge on any atom is -0.465 e. The van der Waals surface area contributed by atoms with Crippen LogP contribution in [0.15, 0.2) is 91.0 Å². The number of rotatable bonds is 10. The molecule has 0 spiro atoms. The molecule has 0 atom stereocenters. The Hall–Kier alpha value is -5.37. The summed E-state index contributed by atoms with van der Waals surface area (Å²) in [5.41, 5.74) is 8.54. The van der Waals surface area contributed by atoms with Gasteiger partial charge in [0.2, 0.25) is 5.82 Å². The fourth-order valence-electron chi connectivity index (χ4n) is 5.37. The van der Waals surface area contributed by atoms with Crippen LogP contribution in [0, 0.1) is 0 Å². The van der Waals surface area contributed by atoms with Crippen molar-refractivity contribution in [2.24, 2.45) is 0 Å². The normalized spacial score (nSPS) is 11.4. The van der Waals surface area contributed by atoms with Crippen LogP contribution in [0.2, 0.25) is 0 Å². The number of hydrogen-bond acceptors (Lipinski definition) is 5. The maximum absolute atomic E-state index is 12.9. The molecule has 2 heterocycles. The molecule has 43 heavy (non-hydrogen) atoms. The van der Waals surface area contributed by atoms with Crippen molar-refractivity contribution < 1.29 is 14.1 Å². The van der Waals surface area contributed by atoms with E-state index < -0.39 is 0 Å². The summed E-state index contributed by atoms with van der Waals surface area (Å²) >= 11 is 0. The third kappa shape index (κ3) is 5.99. The molecule has 0 amide bonds. The van der Waals surface area contributed by atoms with Crippen molar-refractivity contribution in [3.8, 4) is 22.5 Å². The number of imidazole rings is 1. The number of carbonyl (C=O) groups is 1. The zero-order valence-electron chi connectivity index (χ0n) is 24.2. The Morgan fingerprint density at radius 3 is 2.42 bits per heavy atom. The van der Waals surface area contributed by atoms with Gasteiger partial charge in [-0.3, -0.25) is 0 Å². The molecule has 4 aromatic carbocycles. The number of nitrogens with zero attached hydrogens (tertiary/aromatic N) is 4. The summed E-state index contributed by atoms with van der Waals surface area (Å²) in [6, 6.07) is 30.6. The maximum Gasteiger partial charge on any atom is 0.338 e. The number of nitrogens with one attached hydrogen (secondary N) is 2. The van der Waals surface area contributed by atoms with E-state index in [1.165, 1.54) is 7.11 Å². The molecule has 0 unspecified atom stereocenters. The van der Waals surface area contributed by atoms with Crippen molar-refractivity contribution >= 4 is 29.2 Å². The van der Waals surface area contributed by atoms with Gasteiger partial charge in [-0.1, -0.05) is 104 Å². The Labute approximate surface area is 250 Å². The Balaban J connectivity index is 1.37. The Bertz CT molecular complexity index is 1870. The van der Waals surface area contributed by atoms with Gasteiger partial charge in [0.15, 0.2) is 11.0 Å². The molecule has 0 aliphatic heterocycles. The van der Waals surface area contributed by atoms with E-state index in [9.17, 15) is 4.79 Å². The second-order valence-corrected chi connectivity index (χ2v) is 10.4. The topological polar surface area (TPSA) is 100 Å². The van der Waals surface area contributed by atoms with Gasteiger partial charge in [0.25, 0.3) is 5.82 Å². The minimum atomic E-state index is -0.359. The second kappa shape index (κ2) is 12.7. The molecule has 0 bridgehead atoms. The monoisotopic (exact) mass is 569 g/mol. The third-order valence-corrected chi connectivity index (χ3v) is 7.61. The van der Waals surface area contributed by atoms with E-state index in [0.29, 0.717) is 17.9 Å². The minimum absolute atomic E-state index is 0.359. The molecule has 0 aliphatic rings. The van der Waals surface area contributed by atoms with Gasteiger partial charge in [0, 0.05) is 18.1 Å². The van der Waals surface area contributed by atoms with E-state index in [0.717, 1.165) is 69.5 Å². The third-order valence-electron chi connectivity index (χ3n) is 7.61. The maximum atomic E-state index is 12.9. The first-order chi connectivity index (χ1) is 21.1. The number of unbranched alkanes of at least 4 members (excludes halogenated alkanes) is 1. The van der Waals surface area contributed by atoms with Crippen LogP contribution in [-0.2, 0) is 17.7 Å². The number of ether oxygens (including phenoxy) is 1. The van der Waals surface area contributed by atoms with E-state index in [4.69, 9.17) is 4.74 Å². The van der Waals surface area contributed by atoms with Gasteiger partial charge in [-0.15, -0.1) is 10.2 Å². The number of H-pyrrole nitrogens is 2. The number of aromatic amines is 2. The van der Waals surface area contributed by atoms with Gasteiger partial charge in [-0.2, -0.15) is 5.21 Å². The zero-order chi connectivity index (χ0) is 29.6. The fourth-order valence-corrected chi connectivity index (χ4v) is 5.37. The van der Waals surface area contributed by atoms with Crippen LogP contribution in [0.1, 0.15) is 52.6 Å². The summed E-state index contributed by atoms with van der Waals surface area (Å²) in [5, 5.41) is 14.6. The van der Waals surface area contributed by atoms with Gasteiger partial charge in [0.1, 0.15) is 6.54 Å². The molecule has 6 rings (SSSR count). The van der Waals surface area contributed by atoms with Crippen LogP contribution in [-0.4, -0.2) is 38.7 Å². The summed E-state index contributed by atoms with van der Waals surface area (Å²) in [7, 11) is 1.42. The highest BCUT2D eigenvalue weighted by Gasteiger charge is 2.23. The number of methoxy groups -OCH3 is 1. The van der Waals surface area contributed by atoms with Gasteiger partial charge in [0.05, 0.1) is 12.7 Å². The molecular formula is C35H33N6O2+. The average Bonchev–Trinajstić information content (AvgIpc) is 3.71. The molecule has 8 heteroatoms. The molecule has 2 aromatic heterocycles. The summed E-state index contributed by atoms with van der Waals surface area (Å²) < 4.78 is 7.47.